The minimum Gasteiger partial charge on any atom is -0.495 e. The molecule has 0 bridgehead atoms. The average molecular weight is 473 g/mol. The van der Waals surface area contributed by atoms with Crippen LogP contribution in [0.3, 0.4) is 0 Å². The number of hydrogen-bond donors (Lipinski definition) is 1. The molecule has 0 saturated carbocycles. The van der Waals surface area contributed by atoms with Crippen LogP contribution in [0.1, 0.15) is 5.56 Å². The van der Waals surface area contributed by atoms with Crippen LogP contribution in [0.15, 0.2) is 47.4 Å². The molecule has 0 radical (unpaired) electrons. The molecular formula is C21H24N6O5S. The second kappa shape index (κ2) is 9.65. The van der Waals surface area contributed by atoms with Gasteiger partial charge in [-0.25, -0.2) is 8.42 Å². The van der Waals surface area contributed by atoms with Crippen LogP contribution < -0.4 is 10.1 Å². The molecule has 1 fully saturated rings. The summed E-state index contributed by atoms with van der Waals surface area (Å²) < 4.78 is 37.8. The van der Waals surface area contributed by atoms with E-state index in [9.17, 15) is 13.2 Å². The van der Waals surface area contributed by atoms with Gasteiger partial charge in [0.05, 0.1) is 30.9 Å². The molecular weight excluding hydrogens is 448 g/mol. The van der Waals surface area contributed by atoms with Crippen molar-refractivity contribution in [1.82, 2.24) is 24.5 Å². The highest BCUT2D eigenvalue weighted by atomic mass is 32.2. The van der Waals surface area contributed by atoms with E-state index < -0.39 is 15.9 Å². The first-order valence-electron chi connectivity index (χ1n) is 10.3. The maximum Gasteiger partial charge on any atom is 0.248 e. The van der Waals surface area contributed by atoms with Crippen molar-refractivity contribution in [2.75, 3.05) is 38.7 Å². The lowest BCUT2D eigenvalue weighted by Gasteiger charge is -2.26. The lowest BCUT2D eigenvalue weighted by atomic mass is 10.1. The lowest BCUT2D eigenvalue weighted by molar-refractivity contribution is -0.117. The molecule has 1 aliphatic heterocycles. The number of amides is 1. The van der Waals surface area contributed by atoms with E-state index in [2.05, 4.69) is 20.7 Å². The molecule has 3 aromatic rings. The van der Waals surface area contributed by atoms with E-state index in [1.54, 1.807) is 0 Å². The van der Waals surface area contributed by atoms with Crippen LogP contribution in [0.5, 0.6) is 5.75 Å². The molecule has 1 aromatic heterocycles. The Balaban J connectivity index is 1.49. The first kappa shape index (κ1) is 22.8. The summed E-state index contributed by atoms with van der Waals surface area (Å²) in [5.41, 5.74) is 2.13. The molecule has 2 heterocycles. The second-order valence-electron chi connectivity index (χ2n) is 7.44. The number of aryl methyl sites for hydroxylation is 1. The number of rotatable bonds is 7. The molecule has 4 rings (SSSR count). The first-order valence-corrected chi connectivity index (χ1v) is 11.7. The number of nitrogens with zero attached hydrogens (tertiary/aromatic N) is 5. The van der Waals surface area contributed by atoms with Crippen molar-refractivity contribution in [3.8, 4) is 17.1 Å². The van der Waals surface area contributed by atoms with E-state index in [0.29, 0.717) is 24.8 Å². The monoisotopic (exact) mass is 472 g/mol. The van der Waals surface area contributed by atoms with Crippen LogP contribution in [0.25, 0.3) is 11.4 Å². The van der Waals surface area contributed by atoms with Crippen molar-refractivity contribution in [3.63, 3.8) is 0 Å². The maximum atomic E-state index is 13.0. The summed E-state index contributed by atoms with van der Waals surface area (Å²) in [5, 5.41) is 14.8. The van der Waals surface area contributed by atoms with E-state index in [0.717, 1.165) is 11.1 Å². The molecule has 0 unspecified atom stereocenters. The van der Waals surface area contributed by atoms with Crippen molar-refractivity contribution in [1.29, 1.82) is 0 Å². The maximum absolute atomic E-state index is 13.0. The summed E-state index contributed by atoms with van der Waals surface area (Å²) >= 11 is 0. The SMILES string of the molecule is COc1ccc(S(=O)(=O)N2CCOCC2)cc1NC(=O)Cn1nnc(-c2ccc(C)cc2)n1. The second-order valence-corrected chi connectivity index (χ2v) is 9.37. The lowest BCUT2D eigenvalue weighted by Crippen LogP contribution is -2.40. The number of tetrazole rings is 1. The van der Waals surface area contributed by atoms with Gasteiger partial charge < -0.3 is 14.8 Å². The van der Waals surface area contributed by atoms with E-state index in [-0.39, 0.29) is 30.2 Å². The number of carbonyl (C=O) groups is 1. The fourth-order valence-electron chi connectivity index (χ4n) is 3.33. The fraction of sp³-hybridized carbons (Fsp3) is 0.333. The van der Waals surface area contributed by atoms with Crippen molar-refractivity contribution in [3.05, 3.63) is 48.0 Å². The zero-order chi connectivity index (χ0) is 23.4. The predicted octanol–water partition coefficient (Wildman–Crippen LogP) is 1.32. The molecule has 1 saturated heterocycles. The van der Waals surface area contributed by atoms with Gasteiger partial charge in [0.2, 0.25) is 21.8 Å². The zero-order valence-corrected chi connectivity index (χ0v) is 19.1. The third kappa shape index (κ3) is 5.18. The van der Waals surface area contributed by atoms with Crippen LogP contribution in [-0.2, 0) is 26.1 Å². The third-order valence-corrected chi connectivity index (χ3v) is 7.00. The van der Waals surface area contributed by atoms with Gasteiger partial charge in [0.25, 0.3) is 0 Å². The van der Waals surface area contributed by atoms with Gasteiger partial charge in [0.1, 0.15) is 12.3 Å². The van der Waals surface area contributed by atoms with Crippen molar-refractivity contribution >= 4 is 21.6 Å². The van der Waals surface area contributed by atoms with Crippen LogP contribution in [-0.4, -0.2) is 72.3 Å². The number of ether oxygens (including phenoxy) is 2. The molecule has 1 aliphatic rings. The molecule has 0 aliphatic carbocycles. The summed E-state index contributed by atoms with van der Waals surface area (Å²) in [6.45, 7) is 3.01. The van der Waals surface area contributed by atoms with Gasteiger partial charge in [0, 0.05) is 18.7 Å². The Morgan fingerprint density at radius 2 is 1.88 bits per heavy atom. The molecule has 11 nitrogen and oxygen atoms in total. The normalized spacial score (nSPS) is 14.7. The van der Waals surface area contributed by atoms with Crippen LogP contribution in [0.4, 0.5) is 5.69 Å². The van der Waals surface area contributed by atoms with E-state index >= 15 is 0 Å². The Morgan fingerprint density at radius 3 is 2.58 bits per heavy atom. The van der Waals surface area contributed by atoms with Crippen molar-refractivity contribution in [2.45, 2.75) is 18.4 Å². The fourth-order valence-corrected chi connectivity index (χ4v) is 4.76. The summed E-state index contributed by atoms with van der Waals surface area (Å²) in [6.07, 6.45) is 0. The summed E-state index contributed by atoms with van der Waals surface area (Å²) in [4.78, 5) is 13.9. The quantitative estimate of drug-likeness (QED) is 0.545. The van der Waals surface area contributed by atoms with E-state index in [4.69, 9.17) is 9.47 Å². The smallest absolute Gasteiger partial charge is 0.248 e. The molecule has 33 heavy (non-hydrogen) atoms. The summed E-state index contributed by atoms with van der Waals surface area (Å²) in [6, 6.07) is 12.0. The number of anilines is 1. The molecule has 2 aromatic carbocycles. The highest BCUT2D eigenvalue weighted by Gasteiger charge is 2.27. The minimum absolute atomic E-state index is 0.0565. The van der Waals surface area contributed by atoms with E-state index in [1.807, 2.05) is 31.2 Å². The van der Waals surface area contributed by atoms with Gasteiger partial charge in [-0.3, -0.25) is 4.79 Å². The van der Waals surface area contributed by atoms with E-state index in [1.165, 1.54) is 34.4 Å². The Morgan fingerprint density at radius 1 is 1.15 bits per heavy atom. The summed E-state index contributed by atoms with van der Waals surface area (Å²) in [7, 11) is -2.29. The Hall–Kier alpha value is -3.35. The largest absolute Gasteiger partial charge is 0.495 e. The summed E-state index contributed by atoms with van der Waals surface area (Å²) in [5.74, 6) is 0.275. The molecule has 1 amide bonds. The highest BCUT2D eigenvalue weighted by molar-refractivity contribution is 7.89. The van der Waals surface area contributed by atoms with Gasteiger partial charge in [0.15, 0.2) is 0 Å². The number of carbonyl (C=O) groups excluding carboxylic acids is 1. The molecule has 0 spiro atoms. The minimum atomic E-state index is -3.73. The topological polar surface area (TPSA) is 129 Å². The third-order valence-electron chi connectivity index (χ3n) is 5.10. The number of benzene rings is 2. The van der Waals surface area contributed by atoms with Crippen molar-refractivity contribution < 1.29 is 22.7 Å². The zero-order valence-electron chi connectivity index (χ0n) is 18.3. The number of nitrogens with one attached hydrogen (secondary N) is 1. The van der Waals surface area contributed by atoms with Crippen LogP contribution in [0.2, 0.25) is 0 Å². The van der Waals surface area contributed by atoms with Gasteiger partial charge >= 0.3 is 0 Å². The number of hydrogen-bond acceptors (Lipinski definition) is 8. The highest BCUT2D eigenvalue weighted by Crippen LogP contribution is 2.29. The molecule has 1 N–H and O–H groups in total. The standard InChI is InChI=1S/C21H24N6O5S/c1-15-3-5-16(6-4-15)21-23-25-27(24-21)14-20(28)22-18-13-17(7-8-19(18)31-2)33(29,30)26-9-11-32-12-10-26/h3-8,13H,9-12,14H2,1-2H3,(H,22,28). The van der Waals surface area contributed by atoms with Gasteiger partial charge in [-0.15, -0.1) is 10.2 Å². The average Bonchev–Trinajstić information content (AvgIpc) is 3.28. The van der Waals surface area contributed by atoms with Gasteiger partial charge in [-0.1, -0.05) is 29.8 Å². The number of morpholine rings is 1. The number of methoxy groups -OCH3 is 1. The Kier molecular flexibility index (Phi) is 6.67. The van der Waals surface area contributed by atoms with Gasteiger partial charge in [-0.05, 0) is 30.3 Å². The van der Waals surface area contributed by atoms with Crippen molar-refractivity contribution in [2.24, 2.45) is 0 Å². The molecule has 174 valence electrons. The molecule has 0 atom stereocenters. The van der Waals surface area contributed by atoms with Crippen LogP contribution >= 0.6 is 0 Å². The molecule has 12 heteroatoms. The Labute approximate surface area is 191 Å². The van der Waals surface area contributed by atoms with Crippen LogP contribution in [0, 0.1) is 6.92 Å². The first-order chi connectivity index (χ1) is 15.9. The predicted molar refractivity (Wildman–Crippen MR) is 119 cm³/mol. The Bertz CT molecular complexity index is 1240. The van der Waals surface area contributed by atoms with Gasteiger partial charge in [-0.2, -0.15) is 9.10 Å². The number of aromatic nitrogens is 4. The number of sulfonamides is 1.